The zero-order valence-corrected chi connectivity index (χ0v) is 7.07. The maximum absolute atomic E-state index is 11.0. The molecule has 0 spiro atoms. The number of hydrogen-bond donors (Lipinski definition) is 1. The summed E-state index contributed by atoms with van der Waals surface area (Å²) >= 11 is 0. The molecule has 2 rings (SSSR count). The van der Waals surface area contributed by atoms with Crippen molar-refractivity contribution in [3.63, 3.8) is 0 Å². The van der Waals surface area contributed by atoms with Crippen LogP contribution in [0.4, 0.5) is 5.69 Å². The molecule has 0 saturated heterocycles. The maximum atomic E-state index is 11.0. The molecule has 0 aliphatic heterocycles. The van der Waals surface area contributed by atoms with Crippen LogP contribution >= 0.6 is 0 Å². The van der Waals surface area contributed by atoms with Crippen LogP contribution in [-0.4, -0.2) is 10.8 Å². The number of fused-ring (bicyclic) bond motifs is 1. The van der Waals surface area contributed by atoms with Gasteiger partial charge in [0.1, 0.15) is 5.58 Å². The van der Waals surface area contributed by atoms with Gasteiger partial charge in [0.05, 0.1) is 11.1 Å². The molecule has 4 heteroatoms. The van der Waals surface area contributed by atoms with Crippen LogP contribution in [0.2, 0.25) is 0 Å². The van der Waals surface area contributed by atoms with E-state index in [4.69, 9.17) is 10.2 Å². The molecule has 2 N–H and O–H groups in total. The number of anilines is 1. The van der Waals surface area contributed by atoms with Crippen LogP contribution in [0.3, 0.4) is 0 Å². The number of aromatic nitrogens is 1. The monoisotopic (exact) mass is 176 g/mol. The van der Waals surface area contributed by atoms with Gasteiger partial charge in [0.25, 0.3) is 0 Å². The number of rotatable bonds is 1. The minimum atomic E-state index is -0.172. The van der Waals surface area contributed by atoms with E-state index in [9.17, 15) is 4.79 Å². The van der Waals surface area contributed by atoms with Crippen molar-refractivity contribution >= 4 is 22.4 Å². The van der Waals surface area contributed by atoms with Gasteiger partial charge >= 0.3 is 0 Å². The molecule has 0 atom stereocenters. The van der Waals surface area contributed by atoms with Crippen molar-refractivity contribution in [2.24, 2.45) is 0 Å². The average molecular weight is 176 g/mol. The van der Waals surface area contributed by atoms with Crippen LogP contribution < -0.4 is 5.73 Å². The highest BCUT2D eigenvalue weighted by Gasteiger charge is 2.14. The van der Waals surface area contributed by atoms with Crippen LogP contribution in [0.5, 0.6) is 0 Å². The van der Waals surface area contributed by atoms with Crippen LogP contribution in [0.1, 0.15) is 17.5 Å². The molecule has 0 amide bonds. The van der Waals surface area contributed by atoms with E-state index in [-0.39, 0.29) is 11.5 Å². The first-order valence-electron chi connectivity index (χ1n) is 3.83. The minimum Gasteiger partial charge on any atom is -0.451 e. The molecule has 4 nitrogen and oxygen atoms in total. The number of furan rings is 1. The Morgan fingerprint density at radius 2 is 2.38 bits per heavy atom. The number of nitrogen functional groups attached to an aromatic ring is 1. The van der Waals surface area contributed by atoms with Gasteiger partial charge < -0.3 is 10.2 Å². The predicted octanol–water partition coefficient (Wildman–Crippen LogP) is 1.61. The van der Waals surface area contributed by atoms with E-state index in [0.29, 0.717) is 16.7 Å². The topological polar surface area (TPSA) is 69.1 Å². The highest BCUT2D eigenvalue weighted by molar-refractivity contribution is 6.04. The summed E-state index contributed by atoms with van der Waals surface area (Å²) in [5.41, 5.74) is 6.65. The van der Waals surface area contributed by atoms with Crippen molar-refractivity contribution < 1.29 is 9.21 Å². The van der Waals surface area contributed by atoms with Gasteiger partial charge in [-0.3, -0.25) is 9.78 Å². The Morgan fingerprint density at radius 3 is 3.00 bits per heavy atom. The number of Topliss-reactive ketones (excluding diaryl/α,β-unsaturated/α-hetero) is 1. The average Bonchev–Trinajstić information content (AvgIpc) is 2.45. The summed E-state index contributed by atoms with van der Waals surface area (Å²) in [4.78, 5) is 14.9. The lowest BCUT2D eigenvalue weighted by atomic mass is 10.2. The largest absolute Gasteiger partial charge is 0.451 e. The molecule has 0 saturated carbocycles. The standard InChI is InChI=1S/C9H8N2O2/c1-5(12)9-8(10)6-4-11-3-2-7(6)13-9/h2-4H,10H2,1H3. The number of carbonyl (C=O) groups is 1. The molecule has 2 aromatic rings. The molecule has 0 aliphatic carbocycles. The first-order chi connectivity index (χ1) is 6.20. The van der Waals surface area contributed by atoms with E-state index in [2.05, 4.69) is 4.98 Å². The third-order valence-electron chi connectivity index (χ3n) is 1.85. The maximum Gasteiger partial charge on any atom is 0.197 e. The quantitative estimate of drug-likeness (QED) is 0.670. The van der Waals surface area contributed by atoms with Crippen LogP contribution in [0.25, 0.3) is 11.0 Å². The number of carbonyl (C=O) groups excluding carboxylic acids is 1. The number of pyridine rings is 1. The van der Waals surface area contributed by atoms with Crippen molar-refractivity contribution in [1.82, 2.24) is 4.98 Å². The van der Waals surface area contributed by atoms with Crippen LogP contribution in [0, 0.1) is 0 Å². The van der Waals surface area contributed by atoms with Gasteiger partial charge in [0.15, 0.2) is 11.5 Å². The predicted molar refractivity (Wildman–Crippen MR) is 48.4 cm³/mol. The summed E-state index contributed by atoms with van der Waals surface area (Å²) in [6.07, 6.45) is 3.18. The van der Waals surface area contributed by atoms with Gasteiger partial charge in [-0.1, -0.05) is 0 Å². The molecule has 13 heavy (non-hydrogen) atoms. The summed E-state index contributed by atoms with van der Waals surface area (Å²) in [7, 11) is 0. The second-order valence-electron chi connectivity index (χ2n) is 2.77. The SMILES string of the molecule is CC(=O)c1oc2ccncc2c1N. The third kappa shape index (κ3) is 1.07. The molecule has 0 unspecified atom stereocenters. The van der Waals surface area contributed by atoms with E-state index in [1.807, 2.05) is 0 Å². The Bertz CT molecular complexity index is 473. The van der Waals surface area contributed by atoms with Gasteiger partial charge in [0.2, 0.25) is 0 Å². The molecule has 0 fully saturated rings. The highest BCUT2D eigenvalue weighted by atomic mass is 16.3. The lowest BCUT2D eigenvalue weighted by Gasteiger charge is -1.88. The van der Waals surface area contributed by atoms with E-state index in [1.54, 1.807) is 18.5 Å². The summed E-state index contributed by atoms with van der Waals surface area (Å²) in [5.74, 6) is 0.0386. The normalized spacial score (nSPS) is 10.5. The third-order valence-corrected chi connectivity index (χ3v) is 1.85. The van der Waals surface area contributed by atoms with Crippen molar-refractivity contribution in [2.75, 3.05) is 5.73 Å². The van der Waals surface area contributed by atoms with E-state index in [1.165, 1.54) is 6.92 Å². The molecular formula is C9H8N2O2. The zero-order valence-electron chi connectivity index (χ0n) is 7.07. The summed E-state index contributed by atoms with van der Waals surface area (Å²) in [6, 6.07) is 1.68. The molecule has 0 aliphatic rings. The fourth-order valence-electron chi connectivity index (χ4n) is 1.22. The lowest BCUT2D eigenvalue weighted by molar-refractivity contribution is 0.0990. The Morgan fingerprint density at radius 1 is 1.62 bits per heavy atom. The van der Waals surface area contributed by atoms with E-state index < -0.39 is 0 Å². The second kappa shape index (κ2) is 2.58. The second-order valence-corrected chi connectivity index (χ2v) is 2.77. The Balaban J connectivity index is 2.81. The van der Waals surface area contributed by atoms with E-state index >= 15 is 0 Å². The minimum absolute atomic E-state index is 0.172. The summed E-state index contributed by atoms with van der Waals surface area (Å²) < 4.78 is 5.25. The van der Waals surface area contributed by atoms with Gasteiger partial charge in [-0.2, -0.15) is 0 Å². The van der Waals surface area contributed by atoms with Gasteiger partial charge in [-0.15, -0.1) is 0 Å². The van der Waals surface area contributed by atoms with E-state index in [0.717, 1.165) is 0 Å². The Kier molecular flexibility index (Phi) is 1.55. The zero-order chi connectivity index (χ0) is 9.42. The smallest absolute Gasteiger partial charge is 0.197 e. The van der Waals surface area contributed by atoms with Crippen molar-refractivity contribution in [3.8, 4) is 0 Å². The van der Waals surface area contributed by atoms with Gasteiger partial charge in [0, 0.05) is 19.3 Å². The summed E-state index contributed by atoms with van der Waals surface area (Å²) in [5, 5.41) is 0.688. The molecule has 0 bridgehead atoms. The number of nitrogens with zero attached hydrogens (tertiary/aromatic N) is 1. The highest BCUT2D eigenvalue weighted by Crippen LogP contribution is 2.27. The number of nitrogens with two attached hydrogens (primary N) is 1. The van der Waals surface area contributed by atoms with Crippen molar-refractivity contribution in [1.29, 1.82) is 0 Å². The Hall–Kier alpha value is -1.84. The lowest BCUT2D eigenvalue weighted by Crippen LogP contribution is -1.94. The Labute approximate surface area is 74.4 Å². The number of hydrogen-bond acceptors (Lipinski definition) is 4. The molecule has 2 heterocycles. The molecule has 0 radical (unpaired) electrons. The van der Waals surface area contributed by atoms with Gasteiger partial charge in [-0.25, -0.2) is 0 Å². The first kappa shape index (κ1) is 7.79. The van der Waals surface area contributed by atoms with Gasteiger partial charge in [-0.05, 0) is 6.07 Å². The first-order valence-corrected chi connectivity index (χ1v) is 3.83. The van der Waals surface area contributed by atoms with Crippen molar-refractivity contribution in [3.05, 3.63) is 24.2 Å². The summed E-state index contributed by atoms with van der Waals surface area (Å²) in [6.45, 7) is 1.42. The van der Waals surface area contributed by atoms with Crippen LogP contribution in [-0.2, 0) is 0 Å². The molecule has 0 aromatic carbocycles. The number of ketones is 1. The fraction of sp³-hybridized carbons (Fsp3) is 0.111. The van der Waals surface area contributed by atoms with Crippen molar-refractivity contribution in [2.45, 2.75) is 6.92 Å². The molecular weight excluding hydrogens is 168 g/mol. The molecule has 66 valence electrons. The van der Waals surface area contributed by atoms with Crippen LogP contribution in [0.15, 0.2) is 22.9 Å². The molecule has 2 aromatic heterocycles. The fourth-order valence-corrected chi connectivity index (χ4v) is 1.22.